The van der Waals surface area contributed by atoms with Crippen molar-refractivity contribution in [2.45, 2.75) is 46.6 Å². The maximum absolute atomic E-state index is 13.2. The molecule has 148 valence electrons. The van der Waals surface area contributed by atoms with E-state index in [1.807, 2.05) is 39.8 Å². The van der Waals surface area contributed by atoms with E-state index >= 15 is 0 Å². The van der Waals surface area contributed by atoms with E-state index < -0.39 is 0 Å². The predicted molar refractivity (Wildman–Crippen MR) is 120 cm³/mol. The number of aromatic nitrogens is 2. The van der Waals surface area contributed by atoms with Crippen LogP contribution >= 0.6 is 24.0 Å². The van der Waals surface area contributed by atoms with Gasteiger partial charge in [-0.3, -0.25) is 18.9 Å². The Morgan fingerprint density at radius 3 is 2.79 bits per heavy atom. The highest BCUT2D eigenvalue weighted by atomic mass is 32.2. The number of pyridine rings is 1. The molecule has 0 bridgehead atoms. The minimum atomic E-state index is -0.207. The molecule has 0 spiro atoms. The van der Waals surface area contributed by atoms with Crippen molar-refractivity contribution in [3.63, 3.8) is 0 Å². The summed E-state index contributed by atoms with van der Waals surface area (Å²) in [7, 11) is 0. The molecule has 1 fully saturated rings. The van der Waals surface area contributed by atoms with E-state index in [1.54, 1.807) is 17.2 Å². The van der Waals surface area contributed by atoms with Crippen molar-refractivity contribution in [2.75, 3.05) is 11.9 Å². The first-order chi connectivity index (χ1) is 13.4. The highest BCUT2D eigenvalue weighted by Gasteiger charge is 2.35. The molecule has 0 aliphatic carbocycles. The zero-order valence-electron chi connectivity index (χ0n) is 16.5. The number of thioether (sulfide) groups is 1. The van der Waals surface area contributed by atoms with Gasteiger partial charge in [-0.2, -0.15) is 0 Å². The summed E-state index contributed by atoms with van der Waals surface area (Å²) in [6.45, 7) is 8.63. The van der Waals surface area contributed by atoms with Crippen LogP contribution in [0.15, 0.2) is 28.0 Å². The normalized spacial score (nSPS) is 17.0. The minimum absolute atomic E-state index is 0.0227. The van der Waals surface area contributed by atoms with E-state index in [2.05, 4.69) is 10.3 Å². The number of thiocarbonyl (C=S) groups is 1. The van der Waals surface area contributed by atoms with Crippen LogP contribution < -0.4 is 10.9 Å². The van der Waals surface area contributed by atoms with Gasteiger partial charge in [0.2, 0.25) is 0 Å². The maximum atomic E-state index is 13.2. The third kappa shape index (κ3) is 3.71. The van der Waals surface area contributed by atoms with Gasteiger partial charge >= 0.3 is 0 Å². The molecule has 0 radical (unpaired) electrons. The SMILES string of the molecule is CCCNc1nc2c(C)cccn2c(=O)c1/C=C1\SC(=S)N([C@H](C)CC)C1=O. The Bertz CT molecular complexity index is 1030. The summed E-state index contributed by atoms with van der Waals surface area (Å²) < 4.78 is 2.05. The lowest BCUT2D eigenvalue weighted by Crippen LogP contribution is -2.36. The number of nitrogens with one attached hydrogen (secondary N) is 1. The van der Waals surface area contributed by atoms with Crippen LogP contribution in [0.3, 0.4) is 0 Å². The molecular formula is C20H24N4O2S2. The number of fused-ring (bicyclic) bond motifs is 1. The van der Waals surface area contributed by atoms with E-state index in [1.165, 1.54) is 16.2 Å². The number of amides is 1. The molecule has 3 rings (SSSR count). The van der Waals surface area contributed by atoms with Crippen molar-refractivity contribution in [3.05, 3.63) is 44.7 Å². The van der Waals surface area contributed by atoms with Crippen molar-refractivity contribution >= 4 is 51.7 Å². The van der Waals surface area contributed by atoms with Gasteiger partial charge in [-0.1, -0.05) is 43.9 Å². The second-order valence-electron chi connectivity index (χ2n) is 6.80. The zero-order chi connectivity index (χ0) is 20.4. The zero-order valence-corrected chi connectivity index (χ0v) is 18.1. The van der Waals surface area contributed by atoms with Crippen LogP contribution in [-0.2, 0) is 4.79 Å². The van der Waals surface area contributed by atoms with E-state index in [0.29, 0.717) is 32.8 Å². The first-order valence-electron chi connectivity index (χ1n) is 9.41. The van der Waals surface area contributed by atoms with Crippen molar-refractivity contribution < 1.29 is 4.79 Å². The molecule has 28 heavy (non-hydrogen) atoms. The number of aryl methyl sites for hydroxylation is 1. The Morgan fingerprint density at radius 2 is 2.11 bits per heavy atom. The summed E-state index contributed by atoms with van der Waals surface area (Å²) in [6, 6.07) is 3.76. The van der Waals surface area contributed by atoms with Gasteiger partial charge < -0.3 is 5.32 Å². The molecule has 0 unspecified atom stereocenters. The number of hydrogen-bond acceptors (Lipinski definition) is 6. The Kier molecular flexibility index (Phi) is 6.20. The summed E-state index contributed by atoms with van der Waals surface area (Å²) in [5.74, 6) is 0.342. The van der Waals surface area contributed by atoms with Crippen LogP contribution in [0.4, 0.5) is 5.82 Å². The average molecular weight is 417 g/mol. The largest absolute Gasteiger partial charge is 0.369 e. The predicted octanol–water partition coefficient (Wildman–Crippen LogP) is 3.82. The van der Waals surface area contributed by atoms with Crippen LogP contribution in [0, 0.1) is 6.92 Å². The van der Waals surface area contributed by atoms with Crippen LogP contribution in [0.1, 0.15) is 44.7 Å². The summed E-state index contributed by atoms with van der Waals surface area (Å²) in [6.07, 6.45) is 5.03. The number of carbonyl (C=O) groups is 1. The van der Waals surface area contributed by atoms with Gasteiger partial charge in [-0.25, -0.2) is 4.98 Å². The number of nitrogens with zero attached hydrogens (tertiary/aromatic N) is 3. The molecule has 2 aromatic heterocycles. The summed E-state index contributed by atoms with van der Waals surface area (Å²) in [5, 5.41) is 3.23. The van der Waals surface area contributed by atoms with Gasteiger partial charge in [0, 0.05) is 18.8 Å². The molecular weight excluding hydrogens is 392 g/mol. The standard InChI is InChI=1S/C20H24N4O2S2/c1-5-9-21-16-14(18(25)23-10-7-8-12(3)17(23)22-16)11-15-19(26)24(13(4)6-2)20(27)28-15/h7-8,10-11,13,21H,5-6,9H2,1-4H3/b15-11-/t13-/m1/s1. The molecule has 2 aromatic rings. The van der Waals surface area contributed by atoms with Gasteiger partial charge in [-0.05, 0) is 44.4 Å². The highest BCUT2D eigenvalue weighted by Crippen LogP contribution is 2.34. The molecule has 1 atom stereocenters. The van der Waals surface area contributed by atoms with E-state index in [4.69, 9.17) is 12.2 Å². The average Bonchev–Trinajstić information content (AvgIpc) is 2.96. The van der Waals surface area contributed by atoms with Crippen LogP contribution in [0.5, 0.6) is 0 Å². The molecule has 1 amide bonds. The summed E-state index contributed by atoms with van der Waals surface area (Å²) in [4.78, 5) is 32.8. The lowest BCUT2D eigenvalue weighted by Gasteiger charge is -2.21. The van der Waals surface area contributed by atoms with Crippen LogP contribution in [0.2, 0.25) is 0 Å². The second kappa shape index (κ2) is 8.45. The summed E-state index contributed by atoms with van der Waals surface area (Å²) in [5.41, 5.74) is 1.69. The Balaban J connectivity index is 2.15. The fourth-order valence-corrected chi connectivity index (χ4v) is 4.44. The smallest absolute Gasteiger partial charge is 0.267 e. The number of hydrogen-bond donors (Lipinski definition) is 1. The molecule has 0 aromatic carbocycles. The topological polar surface area (TPSA) is 66.7 Å². The van der Waals surface area contributed by atoms with Gasteiger partial charge in [0.05, 0.1) is 10.5 Å². The van der Waals surface area contributed by atoms with E-state index in [0.717, 1.165) is 18.4 Å². The van der Waals surface area contributed by atoms with E-state index in [-0.39, 0.29) is 17.5 Å². The summed E-state index contributed by atoms with van der Waals surface area (Å²) >= 11 is 6.63. The van der Waals surface area contributed by atoms with E-state index in [9.17, 15) is 9.59 Å². The molecule has 1 saturated heterocycles. The Hall–Kier alpha value is -2.19. The monoisotopic (exact) mass is 416 g/mol. The van der Waals surface area contributed by atoms with Crippen molar-refractivity contribution in [1.82, 2.24) is 14.3 Å². The molecule has 0 saturated carbocycles. The molecule has 1 N–H and O–H groups in total. The first-order valence-corrected chi connectivity index (χ1v) is 10.6. The maximum Gasteiger partial charge on any atom is 0.267 e. The Morgan fingerprint density at radius 1 is 1.36 bits per heavy atom. The number of carbonyl (C=O) groups excluding carboxylic acids is 1. The lowest BCUT2D eigenvalue weighted by atomic mass is 10.2. The quantitative estimate of drug-likeness (QED) is 0.570. The second-order valence-corrected chi connectivity index (χ2v) is 8.48. The fourth-order valence-electron chi connectivity index (χ4n) is 2.99. The number of rotatable bonds is 6. The molecule has 1 aliphatic heterocycles. The van der Waals surface area contributed by atoms with Gasteiger partial charge in [0.1, 0.15) is 15.8 Å². The lowest BCUT2D eigenvalue weighted by molar-refractivity contribution is -0.123. The van der Waals surface area contributed by atoms with Gasteiger partial charge in [-0.15, -0.1) is 0 Å². The first kappa shape index (κ1) is 20.5. The highest BCUT2D eigenvalue weighted by molar-refractivity contribution is 8.26. The molecule has 1 aliphatic rings. The molecule has 6 nitrogen and oxygen atoms in total. The van der Waals surface area contributed by atoms with Crippen molar-refractivity contribution in [1.29, 1.82) is 0 Å². The van der Waals surface area contributed by atoms with Crippen molar-refractivity contribution in [3.8, 4) is 0 Å². The molecule has 3 heterocycles. The van der Waals surface area contributed by atoms with Gasteiger partial charge in [0.15, 0.2) is 0 Å². The Labute approximate surface area is 174 Å². The fraction of sp³-hybridized carbons (Fsp3) is 0.400. The third-order valence-electron chi connectivity index (χ3n) is 4.76. The van der Waals surface area contributed by atoms with Crippen LogP contribution in [-0.4, -0.2) is 37.1 Å². The minimum Gasteiger partial charge on any atom is -0.369 e. The van der Waals surface area contributed by atoms with Crippen molar-refractivity contribution in [2.24, 2.45) is 0 Å². The molecule has 8 heteroatoms. The number of anilines is 1. The van der Waals surface area contributed by atoms with Gasteiger partial charge in [0.25, 0.3) is 11.5 Å². The van der Waals surface area contributed by atoms with Crippen LogP contribution in [0.25, 0.3) is 11.7 Å². The third-order valence-corrected chi connectivity index (χ3v) is 6.09.